The van der Waals surface area contributed by atoms with Gasteiger partial charge in [0.15, 0.2) is 0 Å². The van der Waals surface area contributed by atoms with Crippen LogP contribution in [-0.4, -0.2) is 30.5 Å². The van der Waals surface area contributed by atoms with E-state index < -0.39 is 0 Å². The quantitative estimate of drug-likeness (QED) is 0.803. The fourth-order valence-corrected chi connectivity index (χ4v) is 2.34. The number of amides is 1. The number of nitrogens with zero attached hydrogens (tertiary/aromatic N) is 2. The molecule has 0 N–H and O–H groups in total. The van der Waals surface area contributed by atoms with E-state index in [2.05, 4.69) is 15.9 Å². The Labute approximate surface area is 114 Å². The Hall–Kier alpha value is -1.54. The summed E-state index contributed by atoms with van der Waals surface area (Å²) in [4.78, 5) is 13.9. The molecule has 0 heterocycles. The van der Waals surface area contributed by atoms with Gasteiger partial charge in [-0.05, 0) is 47.0 Å². The van der Waals surface area contributed by atoms with Crippen molar-refractivity contribution in [3.05, 3.63) is 28.2 Å². The minimum Gasteiger partial charge on any atom is -0.496 e. The predicted octanol–water partition coefficient (Wildman–Crippen LogP) is 2.59. The number of hydrogen-bond donors (Lipinski definition) is 0. The summed E-state index contributed by atoms with van der Waals surface area (Å²) in [5.41, 5.74) is 0.574. The number of benzene rings is 1. The van der Waals surface area contributed by atoms with E-state index in [1.54, 1.807) is 30.2 Å². The molecule has 1 fully saturated rings. The van der Waals surface area contributed by atoms with Crippen LogP contribution in [0.2, 0.25) is 0 Å². The molecule has 1 aliphatic carbocycles. The van der Waals surface area contributed by atoms with Gasteiger partial charge in [-0.15, -0.1) is 0 Å². The van der Waals surface area contributed by atoms with Crippen molar-refractivity contribution < 1.29 is 9.53 Å². The lowest BCUT2D eigenvalue weighted by molar-refractivity contribution is 0.0765. The summed E-state index contributed by atoms with van der Waals surface area (Å²) in [5.74, 6) is 0.590. The molecule has 0 radical (unpaired) electrons. The van der Waals surface area contributed by atoms with Gasteiger partial charge in [0.05, 0.1) is 17.7 Å². The van der Waals surface area contributed by atoms with Gasteiger partial charge in [0.25, 0.3) is 5.91 Å². The predicted molar refractivity (Wildman–Crippen MR) is 70.4 cm³/mol. The highest BCUT2D eigenvalue weighted by Gasteiger charge is 2.32. The Morgan fingerprint density at radius 3 is 2.83 bits per heavy atom. The molecule has 1 aromatic rings. The fraction of sp³-hybridized carbons (Fsp3) is 0.385. The Morgan fingerprint density at radius 2 is 2.33 bits per heavy atom. The molecule has 5 heteroatoms. The van der Waals surface area contributed by atoms with E-state index >= 15 is 0 Å². The van der Waals surface area contributed by atoms with Gasteiger partial charge in [0, 0.05) is 11.6 Å². The molecule has 18 heavy (non-hydrogen) atoms. The summed E-state index contributed by atoms with van der Waals surface area (Å²) < 4.78 is 5.86. The molecule has 4 nitrogen and oxygen atoms in total. The SMILES string of the molecule is COc1ccc(C(=O)N(CC#N)C2CC2)cc1Br. The van der Waals surface area contributed by atoms with Gasteiger partial charge in [-0.3, -0.25) is 4.79 Å². The zero-order valence-electron chi connectivity index (χ0n) is 10.0. The van der Waals surface area contributed by atoms with Crippen molar-refractivity contribution in [1.29, 1.82) is 5.26 Å². The maximum atomic E-state index is 12.3. The van der Waals surface area contributed by atoms with Crippen LogP contribution in [0.5, 0.6) is 5.75 Å². The average Bonchev–Trinajstić information content (AvgIpc) is 3.19. The Morgan fingerprint density at radius 1 is 1.61 bits per heavy atom. The van der Waals surface area contributed by atoms with Crippen molar-refractivity contribution >= 4 is 21.8 Å². The zero-order valence-corrected chi connectivity index (χ0v) is 11.6. The number of nitriles is 1. The molecule has 2 rings (SSSR count). The first-order valence-electron chi connectivity index (χ1n) is 5.69. The van der Waals surface area contributed by atoms with Crippen molar-refractivity contribution in [1.82, 2.24) is 4.90 Å². The summed E-state index contributed by atoms with van der Waals surface area (Å²) in [6.07, 6.45) is 1.98. The van der Waals surface area contributed by atoms with Crippen LogP contribution in [0.4, 0.5) is 0 Å². The van der Waals surface area contributed by atoms with E-state index in [0.717, 1.165) is 17.3 Å². The van der Waals surface area contributed by atoms with Crippen molar-refractivity contribution in [2.45, 2.75) is 18.9 Å². The van der Waals surface area contributed by atoms with Crippen molar-refractivity contribution in [2.75, 3.05) is 13.7 Å². The second kappa shape index (κ2) is 5.40. The lowest BCUT2D eigenvalue weighted by atomic mass is 10.2. The van der Waals surface area contributed by atoms with Crippen molar-refractivity contribution in [3.63, 3.8) is 0 Å². The van der Waals surface area contributed by atoms with Crippen LogP contribution in [-0.2, 0) is 0 Å². The van der Waals surface area contributed by atoms with Crippen LogP contribution in [0.1, 0.15) is 23.2 Å². The first-order chi connectivity index (χ1) is 8.67. The molecule has 1 aliphatic rings. The smallest absolute Gasteiger partial charge is 0.255 e. The molecule has 0 aliphatic heterocycles. The topological polar surface area (TPSA) is 53.3 Å². The molecule has 1 saturated carbocycles. The maximum Gasteiger partial charge on any atom is 0.255 e. The van der Waals surface area contributed by atoms with Crippen LogP contribution in [0.25, 0.3) is 0 Å². The standard InChI is InChI=1S/C13H13BrN2O2/c1-18-12-5-2-9(8-11(12)14)13(17)16(7-6-15)10-3-4-10/h2,5,8,10H,3-4,7H2,1H3. The van der Waals surface area contributed by atoms with Crippen LogP contribution < -0.4 is 4.74 Å². The molecule has 1 aromatic carbocycles. The highest BCUT2D eigenvalue weighted by molar-refractivity contribution is 9.10. The monoisotopic (exact) mass is 308 g/mol. The van der Waals surface area contributed by atoms with E-state index in [0.29, 0.717) is 11.3 Å². The van der Waals surface area contributed by atoms with Crippen LogP contribution in [0, 0.1) is 11.3 Å². The minimum atomic E-state index is -0.0950. The summed E-state index contributed by atoms with van der Waals surface area (Å²) in [7, 11) is 1.58. The molecule has 1 amide bonds. The average molecular weight is 309 g/mol. The number of rotatable bonds is 4. The third-order valence-electron chi connectivity index (χ3n) is 2.89. The second-order valence-electron chi connectivity index (χ2n) is 4.17. The molecule has 0 unspecified atom stereocenters. The molecule has 0 atom stereocenters. The Kier molecular flexibility index (Phi) is 3.87. The minimum absolute atomic E-state index is 0.0950. The third-order valence-corrected chi connectivity index (χ3v) is 3.51. The highest BCUT2D eigenvalue weighted by Crippen LogP contribution is 2.30. The van der Waals surface area contributed by atoms with Crippen LogP contribution in [0.15, 0.2) is 22.7 Å². The summed E-state index contributed by atoms with van der Waals surface area (Å²) in [6.45, 7) is 0.146. The molecular formula is C13H13BrN2O2. The number of halogens is 1. The Bertz CT molecular complexity index is 506. The van der Waals surface area contributed by atoms with Gasteiger partial charge in [0.2, 0.25) is 0 Å². The van der Waals surface area contributed by atoms with Crippen LogP contribution >= 0.6 is 15.9 Å². The van der Waals surface area contributed by atoms with Gasteiger partial charge in [0.1, 0.15) is 12.3 Å². The first kappa shape index (κ1) is 12.9. The van der Waals surface area contributed by atoms with E-state index in [1.807, 2.05) is 6.07 Å². The normalized spacial score (nSPS) is 13.8. The molecular weight excluding hydrogens is 296 g/mol. The van der Waals surface area contributed by atoms with Crippen LogP contribution in [0.3, 0.4) is 0 Å². The molecule has 0 bridgehead atoms. The van der Waals surface area contributed by atoms with Gasteiger partial charge in [-0.1, -0.05) is 0 Å². The number of ether oxygens (including phenoxy) is 1. The third kappa shape index (κ3) is 2.65. The lowest BCUT2D eigenvalue weighted by Crippen LogP contribution is -2.33. The van der Waals surface area contributed by atoms with Gasteiger partial charge in [-0.2, -0.15) is 5.26 Å². The number of carbonyl (C=O) groups excluding carboxylic acids is 1. The van der Waals surface area contributed by atoms with Gasteiger partial charge < -0.3 is 9.64 Å². The summed E-state index contributed by atoms with van der Waals surface area (Å²) >= 11 is 3.36. The summed E-state index contributed by atoms with van der Waals surface area (Å²) in [5, 5.41) is 8.77. The lowest BCUT2D eigenvalue weighted by Gasteiger charge is -2.19. The van der Waals surface area contributed by atoms with Gasteiger partial charge >= 0.3 is 0 Å². The number of carbonyl (C=O) groups is 1. The molecule has 0 spiro atoms. The largest absolute Gasteiger partial charge is 0.496 e. The zero-order chi connectivity index (χ0) is 13.1. The van der Waals surface area contributed by atoms with Crippen molar-refractivity contribution in [3.8, 4) is 11.8 Å². The van der Waals surface area contributed by atoms with Gasteiger partial charge in [-0.25, -0.2) is 0 Å². The molecule has 0 aromatic heterocycles. The molecule has 94 valence electrons. The van der Waals surface area contributed by atoms with Crippen molar-refractivity contribution in [2.24, 2.45) is 0 Å². The summed E-state index contributed by atoms with van der Waals surface area (Å²) in [6, 6.07) is 7.48. The fourth-order valence-electron chi connectivity index (χ4n) is 1.79. The van der Waals surface area contributed by atoms with E-state index in [4.69, 9.17) is 10.00 Å². The van der Waals surface area contributed by atoms with E-state index in [1.165, 1.54) is 0 Å². The maximum absolute atomic E-state index is 12.3. The van der Waals surface area contributed by atoms with E-state index in [9.17, 15) is 4.79 Å². The highest BCUT2D eigenvalue weighted by atomic mass is 79.9. The molecule has 0 saturated heterocycles. The number of methoxy groups -OCH3 is 1. The van der Waals surface area contributed by atoms with E-state index in [-0.39, 0.29) is 18.5 Å². The first-order valence-corrected chi connectivity index (χ1v) is 6.48. The second-order valence-corrected chi connectivity index (χ2v) is 5.03. The Balaban J connectivity index is 2.22. The number of hydrogen-bond acceptors (Lipinski definition) is 3.